The Bertz CT molecular complexity index is 912. The number of halogens is 2. The first-order valence-electron chi connectivity index (χ1n) is 8.40. The van der Waals surface area contributed by atoms with E-state index in [0.29, 0.717) is 16.6 Å². The summed E-state index contributed by atoms with van der Waals surface area (Å²) in [6, 6.07) is 11.3. The number of nitrogens with one attached hydrogen (secondary N) is 1. The molecule has 0 bridgehead atoms. The third-order valence-electron chi connectivity index (χ3n) is 3.98. The molecule has 0 aliphatic carbocycles. The van der Waals surface area contributed by atoms with Crippen LogP contribution >= 0.6 is 23.2 Å². The summed E-state index contributed by atoms with van der Waals surface area (Å²) < 4.78 is 25.9. The lowest BCUT2D eigenvalue weighted by molar-refractivity contribution is -0.122. The quantitative estimate of drug-likeness (QED) is 0.719. The number of rotatable bonds is 7. The molecule has 0 spiro atoms. The number of nitrogens with zero attached hydrogens (tertiary/aromatic N) is 1. The normalized spacial score (nSPS) is 12.5. The lowest BCUT2D eigenvalue weighted by Crippen LogP contribution is -2.49. The van der Waals surface area contributed by atoms with Crippen LogP contribution in [0, 0.1) is 6.92 Å². The molecule has 0 aliphatic heterocycles. The van der Waals surface area contributed by atoms with Crippen molar-refractivity contribution < 1.29 is 13.2 Å². The topological polar surface area (TPSA) is 66.5 Å². The Hall–Kier alpha value is -1.76. The molecule has 1 amide bonds. The van der Waals surface area contributed by atoms with Gasteiger partial charge in [-0.05, 0) is 37.1 Å². The summed E-state index contributed by atoms with van der Waals surface area (Å²) in [5, 5.41) is 3.40. The molecule has 0 unspecified atom stereocenters. The molecule has 2 aromatic carbocycles. The van der Waals surface area contributed by atoms with Gasteiger partial charge in [0.1, 0.15) is 6.04 Å². The number of carbonyl (C=O) groups is 1. The zero-order chi connectivity index (χ0) is 20.2. The zero-order valence-electron chi connectivity index (χ0n) is 15.4. The van der Waals surface area contributed by atoms with Crippen LogP contribution in [0.3, 0.4) is 0 Å². The van der Waals surface area contributed by atoms with Crippen molar-refractivity contribution in [2.45, 2.75) is 32.9 Å². The van der Waals surface area contributed by atoms with Crippen molar-refractivity contribution in [3.63, 3.8) is 0 Å². The molecule has 0 aliphatic rings. The Morgan fingerprint density at radius 1 is 1.15 bits per heavy atom. The molecule has 1 atom stereocenters. The van der Waals surface area contributed by atoms with Crippen LogP contribution in [-0.2, 0) is 21.4 Å². The fourth-order valence-electron chi connectivity index (χ4n) is 2.86. The minimum atomic E-state index is -3.74. The summed E-state index contributed by atoms with van der Waals surface area (Å²) in [4.78, 5) is 12.8. The second-order valence-electron chi connectivity index (χ2n) is 6.32. The summed E-state index contributed by atoms with van der Waals surface area (Å²) in [6.45, 7) is 4.03. The van der Waals surface area contributed by atoms with E-state index in [1.807, 2.05) is 31.2 Å². The van der Waals surface area contributed by atoms with Gasteiger partial charge in [-0.2, -0.15) is 0 Å². The van der Waals surface area contributed by atoms with E-state index in [1.54, 1.807) is 6.92 Å². The van der Waals surface area contributed by atoms with Gasteiger partial charge in [-0.1, -0.05) is 60.0 Å². The van der Waals surface area contributed by atoms with Gasteiger partial charge in [-0.25, -0.2) is 8.42 Å². The number of benzene rings is 2. The van der Waals surface area contributed by atoms with Crippen molar-refractivity contribution in [1.29, 1.82) is 0 Å². The molecule has 0 saturated carbocycles. The van der Waals surface area contributed by atoms with Gasteiger partial charge in [0.25, 0.3) is 0 Å². The van der Waals surface area contributed by atoms with Crippen LogP contribution < -0.4 is 9.62 Å². The molecular formula is C19H22Cl2N2O3S. The van der Waals surface area contributed by atoms with Gasteiger partial charge in [0.2, 0.25) is 15.9 Å². The van der Waals surface area contributed by atoms with Crippen LogP contribution in [0.25, 0.3) is 0 Å². The van der Waals surface area contributed by atoms with Crippen molar-refractivity contribution in [1.82, 2.24) is 5.32 Å². The number of hydrogen-bond acceptors (Lipinski definition) is 3. The second-order valence-corrected chi connectivity index (χ2v) is 9.05. The van der Waals surface area contributed by atoms with E-state index in [-0.39, 0.29) is 18.0 Å². The molecule has 0 fully saturated rings. The average Bonchev–Trinajstić information content (AvgIpc) is 2.55. The third kappa shape index (κ3) is 5.86. The largest absolute Gasteiger partial charge is 0.350 e. The molecule has 8 heteroatoms. The van der Waals surface area contributed by atoms with Gasteiger partial charge in [0, 0.05) is 16.6 Å². The Balaban J connectivity index is 2.30. The predicted molar refractivity (Wildman–Crippen MR) is 111 cm³/mol. The summed E-state index contributed by atoms with van der Waals surface area (Å²) in [7, 11) is -3.74. The second kappa shape index (κ2) is 8.95. The van der Waals surface area contributed by atoms with E-state index in [4.69, 9.17) is 23.2 Å². The first kappa shape index (κ1) is 21.5. The van der Waals surface area contributed by atoms with Crippen molar-refractivity contribution in [3.05, 3.63) is 63.6 Å². The molecule has 146 valence electrons. The summed E-state index contributed by atoms with van der Waals surface area (Å²) in [5.41, 5.74) is 2.28. The molecule has 2 aromatic rings. The summed E-state index contributed by atoms with van der Waals surface area (Å²) in [6.07, 6.45) is 1.34. The maximum absolute atomic E-state index is 12.8. The molecule has 0 aromatic heterocycles. The first-order valence-corrected chi connectivity index (χ1v) is 11.0. The number of sulfonamides is 1. The molecule has 5 nitrogen and oxygen atoms in total. The van der Waals surface area contributed by atoms with Gasteiger partial charge in [0.15, 0.2) is 0 Å². The van der Waals surface area contributed by atoms with Crippen LogP contribution in [0.5, 0.6) is 0 Å². The van der Waals surface area contributed by atoms with Crippen LogP contribution in [0.1, 0.15) is 24.5 Å². The highest BCUT2D eigenvalue weighted by Crippen LogP contribution is 2.29. The van der Waals surface area contributed by atoms with Crippen molar-refractivity contribution in [2.75, 3.05) is 10.6 Å². The van der Waals surface area contributed by atoms with Crippen LogP contribution in [0.15, 0.2) is 42.5 Å². The summed E-state index contributed by atoms with van der Waals surface area (Å²) in [5.74, 6) is -0.388. The lowest BCUT2D eigenvalue weighted by atomic mass is 10.1. The first-order chi connectivity index (χ1) is 12.6. The van der Waals surface area contributed by atoms with Gasteiger partial charge in [-0.3, -0.25) is 9.10 Å². The van der Waals surface area contributed by atoms with E-state index in [0.717, 1.165) is 21.7 Å². The molecular weight excluding hydrogens is 407 g/mol. The van der Waals surface area contributed by atoms with Gasteiger partial charge in [-0.15, -0.1) is 0 Å². The number of hydrogen-bond donors (Lipinski definition) is 1. The van der Waals surface area contributed by atoms with E-state index >= 15 is 0 Å². The van der Waals surface area contributed by atoms with E-state index < -0.39 is 16.1 Å². The average molecular weight is 429 g/mol. The number of carbonyl (C=O) groups excluding carboxylic acids is 1. The Morgan fingerprint density at radius 3 is 2.30 bits per heavy atom. The number of aryl methyl sites for hydroxylation is 1. The summed E-state index contributed by atoms with van der Waals surface area (Å²) >= 11 is 12.0. The minimum absolute atomic E-state index is 0.257. The molecule has 0 heterocycles. The molecule has 0 saturated heterocycles. The maximum atomic E-state index is 12.8. The lowest BCUT2D eigenvalue weighted by Gasteiger charge is -2.30. The smallest absolute Gasteiger partial charge is 0.244 e. The zero-order valence-corrected chi connectivity index (χ0v) is 17.7. The standard InChI is InChI=1S/C19H22Cl2N2O3S/c1-4-18(19(24)22-12-14-7-5-6-13(2)8-14)23(27(3,25)26)17-10-15(20)9-16(21)11-17/h5-11,18H,4,12H2,1-3H3,(H,22,24)/t18-/m0/s1. The number of amides is 1. The minimum Gasteiger partial charge on any atom is -0.350 e. The van der Waals surface area contributed by atoms with Crippen LogP contribution in [0.4, 0.5) is 5.69 Å². The highest BCUT2D eigenvalue weighted by Gasteiger charge is 2.31. The Kier molecular flexibility index (Phi) is 7.14. The van der Waals surface area contributed by atoms with Gasteiger partial charge < -0.3 is 5.32 Å². The van der Waals surface area contributed by atoms with E-state index in [2.05, 4.69) is 5.32 Å². The highest BCUT2D eigenvalue weighted by molar-refractivity contribution is 7.92. The van der Waals surface area contributed by atoms with E-state index in [1.165, 1.54) is 18.2 Å². The van der Waals surface area contributed by atoms with Crippen LogP contribution in [0.2, 0.25) is 10.0 Å². The SMILES string of the molecule is CC[C@@H](C(=O)NCc1cccc(C)c1)N(c1cc(Cl)cc(Cl)c1)S(C)(=O)=O. The monoisotopic (exact) mass is 428 g/mol. The van der Waals surface area contributed by atoms with Crippen molar-refractivity contribution in [3.8, 4) is 0 Å². The molecule has 0 radical (unpaired) electrons. The Morgan fingerprint density at radius 2 is 1.78 bits per heavy atom. The fourth-order valence-corrected chi connectivity index (χ4v) is 4.57. The number of anilines is 1. The molecule has 27 heavy (non-hydrogen) atoms. The van der Waals surface area contributed by atoms with Gasteiger partial charge >= 0.3 is 0 Å². The molecule has 2 rings (SSSR count). The van der Waals surface area contributed by atoms with Gasteiger partial charge in [0.05, 0.1) is 11.9 Å². The fraction of sp³-hybridized carbons (Fsp3) is 0.316. The Labute approximate surface area is 170 Å². The van der Waals surface area contributed by atoms with Crippen molar-refractivity contribution >= 4 is 44.8 Å². The van der Waals surface area contributed by atoms with Crippen molar-refractivity contribution in [2.24, 2.45) is 0 Å². The maximum Gasteiger partial charge on any atom is 0.244 e. The predicted octanol–water partition coefficient (Wildman–Crippen LogP) is 4.16. The molecule has 1 N–H and O–H groups in total. The highest BCUT2D eigenvalue weighted by atomic mass is 35.5. The van der Waals surface area contributed by atoms with E-state index in [9.17, 15) is 13.2 Å². The third-order valence-corrected chi connectivity index (χ3v) is 5.60. The van der Waals surface area contributed by atoms with Crippen LogP contribution in [-0.4, -0.2) is 26.6 Å².